The zero-order valence-corrected chi connectivity index (χ0v) is 13.4. The molecule has 2 aromatic rings. The SMILES string of the molecule is Cc1ccc(NCC(=O)NNC(=O)Cc2cccs2)c(C)c1. The number of hydrogen-bond acceptors (Lipinski definition) is 4. The van der Waals surface area contributed by atoms with Crippen LogP contribution < -0.4 is 16.2 Å². The molecule has 0 radical (unpaired) electrons. The van der Waals surface area contributed by atoms with Gasteiger partial charge in [-0.1, -0.05) is 23.8 Å². The normalized spacial score (nSPS) is 10.1. The number of rotatable bonds is 5. The molecule has 1 aromatic heterocycles. The van der Waals surface area contributed by atoms with Gasteiger partial charge in [-0.3, -0.25) is 20.4 Å². The van der Waals surface area contributed by atoms with Crippen molar-refractivity contribution in [2.75, 3.05) is 11.9 Å². The number of carbonyl (C=O) groups is 2. The molecule has 6 heteroatoms. The molecule has 0 atom stereocenters. The van der Waals surface area contributed by atoms with Crippen molar-refractivity contribution in [3.63, 3.8) is 0 Å². The summed E-state index contributed by atoms with van der Waals surface area (Å²) in [4.78, 5) is 24.3. The zero-order valence-electron chi connectivity index (χ0n) is 12.6. The highest BCUT2D eigenvalue weighted by Crippen LogP contribution is 2.15. The van der Waals surface area contributed by atoms with E-state index in [1.54, 1.807) is 0 Å². The summed E-state index contributed by atoms with van der Waals surface area (Å²) >= 11 is 1.51. The van der Waals surface area contributed by atoms with E-state index in [0.29, 0.717) is 0 Å². The maximum atomic E-state index is 11.7. The molecule has 0 aliphatic carbocycles. The summed E-state index contributed by atoms with van der Waals surface area (Å²) in [6.07, 6.45) is 0.266. The van der Waals surface area contributed by atoms with Gasteiger partial charge in [0.15, 0.2) is 0 Å². The van der Waals surface area contributed by atoms with Gasteiger partial charge < -0.3 is 5.32 Å². The number of carbonyl (C=O) groups excluding carboxylic acids is 2. The predicted molar refractivity (Wildman–Crippen MR) is 88.7 cm³/mol. The number of hydrogen-bond donors (Lipinski definition) is 3. The second-order valence-electron chi connectivity index (χ2n) is 5.02. The zero-order chi connectivity index (χ0) is 15.9. The van der Waals surface area contributed by atoms with Gasteiger partial charge in [0.25, 0.3) is 5.91 Å². The molecule has 0 bridgehead atoms. The van der Waals surface area contributed by atoms with Crippen LogP contribution in [0.3, 0.4) is 0 Å². The summed E-state index contributed by atoms with van der Waals surface area (Å²) in [7, 11) is 0. The Bertz CT molecular complexity index is 653. The van der Waals surface area contributed by atoms with Gasteiger partial charge in [0.2, 0.25) is 5.91 Å². The van der Waals surface area contributed by atoms with E-state index in [2.05, 4.69) is 16.2 Å². The number of amides is 2. The first kappa shape index (κ1) is 16.0. The molecule has 116 valence electrons. The van der Waals surface area contributed by atoms with Crippen LogP contribution in [0.1, 0.15) is 16.0 Å². The standard InChI is InChI=1S/C16H19N3O2S/c1-11-5-6-14(12(2)8-11)17-10-16(21)19-18-15(20)9-13-4-3-7-22-13/h3-8,17H,9-10H2,1-2H3,(H,18,20)(H,19,21). The Balaban J connectivity index is 1.72. The van der Waals surface area contributed by atoms with E-state index < -0.39 is 0 Å². The molecule has 0 aliphatic heterocycles. The monoisotopic (exact) mass is 317 g/mol. The Kier molecular flexibility index (Phi) is 5.55. The largest absolute Gasteiger partial charge is 0.376 e. The van der Waals surface area contributed by atoms with Gasteiger partial charge in [0.1, 0.15) is 0 Å². The third-order valence-electron chi connectivity index (χ3n) is 3.08. The van der Waals surface area contributed by atoms with E-state index in [1.165, 1.54) is 16.9 Å². The van der Waals surface area contributed by atoms with Crippen LogP contribution in [0.15, 0.2) is 35.7 Å². The summed E-state index contributed by atoms with van der Waals surface area (Å²) in [5.74, 6) is -0.526. The molecule has 0 aliphatic rings. The van der Waals surface area contributed by atoms with Crippen molar-refractivity contribution in [2.24, 2.45) is 0 Å². The van der Waals surface area contributed by atoms with Crippen molar-refractivity contribution in [3.8, 4) is 0 Å². The highest BCUT2D eigenvalue weighted by atomic mass is 32.1. The first-order valence-electron chi connectivity index (χ1n) is 6.96. The molecular formula is C16H19N3O2S. The molecule has 5 nitrogen and oxygen atoms in total. The number of aryl methyl sites for hydroxylation is 2. The van der Waals surface area contributed by atoms with Crippen molar-refractivity contribution >= 4 is 28.8 Å². The summed E-state index contributed by atoms with van der Waals surface area (Å²) in [5, 5.41) is 4.96. The minimum atomic E-state index is -0.292. The highest BCUT2D eigenvalue weighted by Gasteiger charge is 2.07. The third kappa shape index (κ3) is 4.89. The van der Waals surface area contributed by atoms with Gasteiger partial charge in [0, 0.05) is 10.6 Å². The molecule has 3 N–H and O–H groups in total. The fourth-order valence-electron chi connectivity index (χ4n) is 1.99. The predicted octanol–water partition coefficient (Wildman–Crippen LogP) is 2.17. The first-order valence-corrected chi connectivity index (χ1v) is 7.84. The summed E-state index contributed by atoms with van der Waals surface area (Å²) in [5.41, 5.74) is 7.97. The van der Waals surface area contributed by atoms with E-state index in [-0.39, 0.29) is 24.8 Å². The van der Waals surface area contributed by atoms with Crippen molar-refractivity contribution in [1.82, 2.24) is 10.9 Å². The number of benzene rings is 1. The molecule has 22 heavy (non-hydrogen) atoms. The van der Waals surface area contributed by atoms with Gasteiger partial charge in [-0.2, -0.15) is 0 Å². The second kappa shape index (κ2) is 7.61. The minimum Gasteiger partial charge on any atom is -0.376 e. The lowest BCUT2D eigenvalue weighted by Crippen LogP contribution is -2.44. The van der Waals surface area contributed by atoms with E-state index in [0.717, 1.165) is 16.1 Å². The molecule has 0 saturated heterocycles. The van der Waals surface area contributed by atoms with E-state index in [1.807, 2.05) is 49.6 Å². The topological polar surface area (TPSA) is 70.2 Å². The van der Waals surface area contributed by atoms with Crippen molar-refractivity contribution in [1.29, 1.82) is 0 Å². The lowest BCUT2D eigenvalue weighted by Gasteiger charge is -2.11. The van der Waals surface area contributed by atoms with Crippen LogP contribution in [0.5, 0.6) is 0 Å². The molecule has 2 amide bonds. The Hall–Kier alpha value is -2.34. The molecule has 0 spiro atoms. The van der Waals surface area contributed by atoms with Crippen LogP contribution in [-0.4, -0.2) is 18.4 Å². The molecular weight excluding hydrogens is 298 g/mol. The lowest BCUT2D eigenvalue weighted by atomic mass is 10.1. The third-order valence-corrected chi connectivity index (χ3v) is 3.95. The van der Waals surface area contributed by atoms with E-state index in [4.69, 9.17) is 0 Å². The summed E-state index contributed by atoms with van der Waals surface area (Å²) < 4.78 is 0. The molecule has 1 aromatic carbocycles. The van der Waals surface area contributed by atoms with E-state index >= 15 is 0 Å². The average molecular weight is 317 g/mol. The second-order valence-corrected chi connectivity index (χ2v) is 6.06. The van der Waals surface area contributed by atoms with Gasteiger partial charge in [0.05, 0.1) is 13.0 Å². The number of thiophene rings is 1. The molecule has 1 heterocycles. The minimum absolute atomic E-state index is 0.100. The summed E-state index contributed by atoms with van der Waals surface area (Å²) in [6.45, 7) is 4.10. The molecule has 0 fully saturated rings. The Morgan fingerprint density at radius 3 is 2.55 bits per heavy atom. The Labute approximate surface area is 133 Å². The summed E-state index contributed by atoms with van der Waals surface area (Å²) in [6, 6.07) is 9.74. The maximum Gasteiger partial charge on any atom is 0.257 e. The Morgan fingerprint density at radius 2 is 1.86 bits per heavy atom. The van der Waals surface area contributed by atoms with Crippen LogP contribution in [0.2, 0.25) is 0 Å². The number of hydrazine groups is 1. The fourth-order valence-corrected chi connectivity index (χ4v) is 2.69. The maximum absolute atomic E-state index is 11.7. The fraction of sp³-hybridized carbons (Fsp3) is 0.250. The smallest absolute Gasteiger partial charge is 0.257 e. The highest BCUT2D eigenvalue weighted by molar-refractivity contribution is 7.10. The van der Waals surface area contributed by atoms with Crippen LogP contribution in [0.4, 0.5) is 5.69 Å². The molecule has 0 saturated carbocycles. The van der Waals surface area contributed by atoms with Gasteiger partial charge in [-0.15, -0.1) is 11.3 Å². The van der Waals surface area contributed by atoms with Crippen LogP contribution >= 0.6 is 11.3 Å². The number of anilines is 1. The van der Waals surface area contributed by atoms with Crippen LogP contribution in [0.25, 0.3) is 0 Å². The van der Waals surface area contributed by atoms with Gasteiger partial charge in [-0.05, 0) is 36.9 Å². The van der Waals surface area contributed by atoms with Crippen LogP contribution in [-0.2, 0) is 16.0 Å². The first-order chi connectivity index (χ1) is 10.5. The van der Waals surface area contributed by atoms with Crippen LogP contribution in [0, 0.1) is 13.8 Å². The lowest BCUT2D eigenvalue weighted by molar-refractivity contribution is -0.127. The molecule has 2 rings (SSSR count). The van der Waals surface area contributed by atoms with Crippen molar-refractivity contribution < 1.29 is 9.59 Å². The quantitative estimate of drug-likeness (QED) is 0.740. The van der Waals surface area contributed by atoms with Crippen molar-refractivity contribution in [2.45, 2.75) is 20.3 Å². The molecule has 0 unspecified atom stereocenters. The van der Waals surface area contributed by atoms with E-state index in [9.17, 15) is 9.59 Å². The van der Waals surface area contributed by atoms with Crippen molar-refractivity contribution in [3.05, 3.63) is 51.7 Å². The van der Waals surface area contributed by atoms with Gasteiger partial charge >= 0.3 is 0 Å². The van der Waals surface area contributed by atoms with Gasteiger partial charge in [-0.25, -0.2) is 0 Å². The number of nitrogens with one attached hydrogen (secondary N) is 3. The Morgan fingerprint density at radius 1 is 1.09 bits per heavy atom. The average Bonchev–Trinajstić information content (AvgIpc) is 2.97.